The summed E-state index contributed by atoms with van der Waals surface area (Å²) in [5.41, 5.74) is 1.63. The van der Waals surface area contributed by atoms with Crippen molar-refractivity contribution in [1.82, 2.24) is 10.2 Å². The predicted molar refractivity (Wildman–Crippen MR) is 127 cm³/mol. The van der Waals surface area contributed by atoms with Crippen molar-refractivity contribution < 1.29 is 28.2 Å². The molecule has 4 rings (SSSR count). The van der Waals surface area contributed by atoms with Gasteiger partial charge in [0.25, 0.3) is 5.17 Å². The van der Waals surface area contributed by atoms with Gasteiger partial charge in [0, 0.05) is 6.54 Å². The summed E-state index contributed by atoms with van der Waals surface area (Å²) in [6, 6.07) is 12.0. The molecule has 0 bridgehead atoms. The number of carbonyl (C=O) groups is 2. The van der Waals surface area contributed by atoms with Gasteiger partial charge < -0.3 is 29.3 Å². The lowest BCUT2D eigenvalue weighted by atomic mass is 10.2. The van der Waals surface area contributed by atoms with Crippen molar-refractivity contribution in [2.45, 2.75) is 12.6 Å². The topological polar surface area (TPSA) is 83.6 Å². The Bertz CT molecular complexity index is 1080. The Morgan fingerprint density at radius 2 is 1.97 bits per heavy atom. The Morgan fingerprint density at radius 1 is 1.21 bits per heavy atom. The zero-order valence-corrected chi connectivity index (χ0v) is 19.6. The monoisotopic (exact) mass is 488 g/mol. The molecule has 2 aromatic carbocycles. The number of benzene rings is 2. The molecule has 2 amide bonds. The van der Waals surface area contributed by atoms with Crippen LogP contribution in [0.25, 0.3) is 0 Å². The van der Waals surface area contributed by atoms with Crippen LogP contribution < -0.4 is 19.9 Å². The third-order valence-electron chi connectivity index (χ3n) is 5.67. The summed E-state index contributed by atoms with van der Waals surface area (Å²) in [4.78, 5) is 29.5. The number of nitrogens with one attached hydrogen (secondary N) is 1. The van der Waals surface area contributed by atoms with Crippen LogP contribution in [0, 0.1) is 5.82 Å². The minimum absolute atomic E-state index is 0.0747. The number of methoxy groups -OCH3 is 2. The molecule has 0 spiro atoms. The van der Waals surface area contributed by atoms with Crippen LogP contribution in [-0.4, -0.2) is 68.7 Å². The number of amides is 2. The summed E-state index contributed by atoms with van der Waals surface area (Å²) < 4.78 is 30.4. The second-order valence-corrected chi connectivity index (χ2v) is 8.27. The first-order valence-corrected chi connectivity index (χ1v) is 11.0. The van der Waals surface area contributed by atoms with Gasteiger partial charge in [-0.05, 0) is 48.1 Å². The van der Waals surface area contributed by atoms with Crippen LogP contribution in [0.3, 0.4) is 0 Å². The van der Waals surface area contributed by atoms with Crippen molar-refractivity contribution in [3.05, 3.63) is 53.8 Å². The van der Waals surface area contributed by atoms with E-state index >= 15 is 4.39 Å². The van der Waals surface area contributed by atoms with Gasteiger partial charge in [-0.2, -0.15) is 0 Å². The summed E-state index contributed by atoms with van der Waals surface area (Å²) in [7, 11) is 3.04. The van der Waals surface area contributed by atoms with E-state index in [9.17, 15) is 9.59 Å². The third kappa shape index (κ3) is 5.14. The van der Waals surface area contributed by atoms with Crippen LogP contribution in [-0.2, 0) is 20.8 Å². The Morgan fingerprint density at radius 3 is 2.65 bits per heavy atom. The third-order valence-corrected chi connectivity index (χ3v) is 5.98. The molecule has 180 valence electrons. The van der Waals surface area contributed by atoms with Gasteiger partial charge in [-0.3, -0.25) is 9.69 Å². The molecule has 1 N–H and O–H groups in total. The van der Waals surface area contributed by atoms with E-state index in [0.29, 0.717) is 17.9 Å². The van der Waals surface area contributed by atoms with Crippen LogP contribution in [0.15, 0.2) is 42.5 Å². The number of rotatable bonds is 7. The molecule has 11 heteroatoms. The molecule has 0 aliphatic carbocycles. The second kappa shape index (κ2) is 10.1. The fourth-order valence-electron chi connectivity index (χ4n) is 3.88. The summed E-state index contributed by atoms with van der Waals surface area (Å²) in [5, 5.41) is 3.04. The molecule has 9 nitrogen and oxygen atoms in total. The minimum atomic E-state index is -0.565. The molecule has 34 heavy (non-hydrogen) atoms. The molecule has 0 aromatic heterocycles. The van der Waals surface area contributed by atoms with Crippen LogP contribution in [0.4, 0.5) is 20.6 Å². The molecule has 2 aliphatic rings. The van der Waals surface area contributed by atoms with Crippen molar-refractivity contribution >= 4 is 40.8 Å². The quantitative estimate of drug-likeness (QED) is 0.596. The van der Waals surface area contributed by atoms with Gasteiger partial charge in [0.15, 0.2) is 0 Å². The van der Waals surface area contributed by atoms with Crippen LogP contribution in [0.1, 0.15) is 5.56 Å². The first-order valence-electron chi connectivity index (χ1n) is 10.6. The molecule has 2 fully saturated rings. The molecule has 0 saturated carbocycles. The molecule has 2 heterocycles. The van der Waals surface area contributed by atoms with Gasteiger partial charge in [0.05, 0.1) is 51.9 Å². The van der Waals surface area contributed by atoms with Crippen LogP contribution >= 0.6 is 12.2 Å². The lowest BCUT2D eigenvalue weighted by Gasteiger charge is -2.21. The summed E-state index contributed by atoms with van der Waals surface area (Å²) in [6.45, 7) is 1.29. The predicted octanol–water partition coefficient (Wildman–Crippen LogP) is 2.49. The van der Waals surface area contributed by atoms with Gasteiger partial charge in [0.1, 0.15) is 17.7 Å². The fourth-order valence-corrected chi connectivity index (χ4v) is 3.96. The number of carbonyl (C=O) groups excluding carboxylic acids is 2. The van der Waals surface area contributed by atoms with Gasteiger partial charge in [-0.15, -0.1) is 0 Å². The number of hydrogen-bond donors (Lipinski definition) is 1. The first-order chi connectivity index (χ1) is 16.4. The van der Waals surface area contributed by atoms with Gasteiger partial charge in [-0.1, -0.05) is 12.1 Å². The normalized spacial score (nSPS) is 17.7. The second-order valence-electron chi connectivity index (χ2n) is 7.90. The van der Waals surface area contributed by atoms with E-state index in [2.05, 4.69) is 5.32 Å². The van der Waals surface area contributed by atoms with Crippen molar-refractivity contribution in [3.8, 4) is 5.75 Å². The number of halogens is 1. The highest BCUT2D eigenvalue weighted by molar-refractivity contribution is 7.80. The minimum Gasteiger partial charge on any atom is -0.497 e. The maximum absolute atomic E-state index is 15.0. The van der Waals surface area contributed by atoms with E-state index in [0.717, 1.165) is 11.3 Å². The Kier molecular flexibility index (Phi) is 7.01. The number of anilines is 2. The maximum Gasteiger partial charge on any atom is 0.414 e. The fraction of sp³-hybridized carbons (Fsp3) is 0.348. The van der Waals surface area contributed by atoms with E-state index < -0.39 is 18.0 Å². The number of thiocarbonyl (C=S) groups is 1. The van der Waals surface area contributed by atoms with Crippen LogP contribution in [0.2, 0.25) is 0 Å². The van der Waals surface area contributed by atoms with E-state index in [4.69, 9.17) is 26.4 Å². The van der Waals surface area contributed by atoms with Crippen molar-refractivity contribution in [3.63, 3.8) is 0 Å². The summed E-state index contributed by atoms with van der Waals surface area (Å²) >= 11 is 4.92. The average Bonchev–Trinajstić information content (AvgIpc) is 3.39. The molecule has 1 atom stereocenters. The average molecular weight is 489 g/mol. The zero-order valence-electron chi connectivity index (χ0n) is 18.8. The van der Waals surface area contributed by atoms with E-state index in [-0.39, 0.29) is 37.4 Å². The summed E-state index contributed by atoms with van der Waals surface area (Å²) in [6.07, 6.45) is -1.02. The molecule has 2 aliphatic heterocycles. The number of cyclic esters (lactones) is 1. The first kappa shape index (κ1) is 23.6. The SMILES string of the molecule is COC(=S)NC[C@H]1CN(c2ccc(N3CC(=O)N(Cc4ccc(OC)cc4)C3)c(F)c2)C(=O)O1. The molecular formula is C23H25FN4O5S. The summed E-state index contributed by atoms with van der Waals surface area (Å²) in [5.74, 6) is 0.126. The van der Waals surface area contributed by atoms with Crippen molar-refractivity contribution in [2.75, 3.05) is 50.3 Å². The largest absolute Gasteiger partial charge is 0.497 e. The number of ether oxygens (including phenoxy) is 3. The van der Waals surface area contributed by atoms with E-state index in [1.165, 1.54) is 18.1 Å². The van der Waals surface area contributed by atoms with Crippen LogP contribution in [0.5, 0.6) is 5.75 Å². The smallest absolute Gasteiger partial charge is 0.414 e. The van der Waals surface area contributed by atoms with Gasteiger partial charge >= 0.3 is 6.09 Å². The lowest BCUT2D eigenvalue weighted by molar-refractivity contribution is -0.127. The van der Waals surface area contributed by atoms with Crippen molar-refractivity contribution in [1.29, 1.82) is 0 Å². The zero-order chi connectivity index (χ0) is 24.2. The highest BCUT2D eigenvalue weighted by Crippen LogP contribution is 2.29. The van der Waals surface area contributed by atoms with E-state index in [1.54, 1.807) is 29.0 Å². The number of hydrogen-bond acceptors (Lipinski definition) is 7. The Labute approximate surface area is 202 Å². The molecular weight excluding hydrogens is 463 g/mol. The van der Waals surface area contributed by atoms with Gasteiger partial charge in [0.2, 0.25) is 5.91 Å². The lowest BCUT2D eigenvalue weighted by Crippen LogP contribution is -2.34. The van der Waals surface area contributed by atoms with Gasteiger partial charge in [-0.25, -0.2) is 9.18 Å². The standard InChI is InChI=1S/C23H25FN4O5S/c1-31-17-6-3-15(4-7-17)11-27-14-26(13-21(27)29)20-8-5-16(9-19(20)24)28-12-18(33-23(28)30)10-25-22(34)32-2/h3-9,18H,10-14H2,1-2H3,(H,25,34)/t18-/m0/s1. The number of nitrogens with zero attached hydrogens (tertiary/aromatic N) is 3. The highest BCUT2D eigenvalue weighted by Gasteiger charge is 2.34. The molecule has 2 aromatic rings. The molecule has 0 radical (unpaired) electrons. The highest BCUT2D eigenvalue weighted by atomic mass is 32.1. The maximum atomic E-state index is 15.0. The van der Waals surface area contributed by atoms with Crippen molar-refractivity contribution in [2.24, 2.45) is 0 Å². The Hall–Kier alpha value is -3.60. The van der Waals surface area contributed by atoms with E-state index in [1.807, 2.05) is 24.3 Å². The molecule has 2 saturated heterocycles. The molecule has 0 unspecified atom stereocenters. The Balaban J connectivity index is 1.39.